The average Bonchev–Trinajstić information content (AvgIpc) is 2.43. The summed E-state index contributed by atoms with van der Waals surface area (Å²) in [7, 11) is 0. The van der Waals surface area contributed by atoms with Crippen LogP contribution in [0.2, 0.25) is 0 Å². The summed E-state index contributed by atoms with van der Waals surface area (Å²) in [6, 6.07) is 6.33. The lowest BCUT2D eigenvalue weighted by Crippen LogP contribution is -2.51. The Morgan fingerprint density at radius 2 is 2.12 bits per heavy atom. The summed E-state index contributed by atoms with van der Waals surface area (Å²) in [5.41, 5.74) is 6.33. The molecule has 1 aromatic rings. The minimum Gasteiger partial charge on any atom is -0.367 e. The van der Waals surface area contributed by atoms with Gasteiger partial charge in [0.15, 0.2) is 0 Å². The molecule has 1 heterocycles. The Hall–Kier alpha value is -1.09. The van der Waals surface area contributed by atoms with Gasteiger partial charge in [-0.25, -0.2) is 4.98 Å². The predicted octanol–water partition coefficient (Wildman–Crippen LogP) is 2.40. The van der Waals surface area contributed by atoms with Gasteiger partial charge in [-0.05, 0) is 31.9 Å². The maximum atomic E-state index is 6.34. The van der Waals surface area contributed by atoms with Gasteiger partial charge in [-0.2, -0.15) is 0 Å². The van der Waals surface area contributed by atoms with Gasteiger partial charge in [-0.15, -0.1) is 0 Å². The van der Waals surface area contributed by atoms with E-state index < -0.39 is 0 Å². The Labute approximate surface area is 97.5 Å². The van der Waals surface area contributed by atoms with Crippen LogP contribution in [0.4, 0.5) is 5.82 Å². The lowest BCUT2D eigenvalue weighted by Gasteiger charge is -2.39. The number of aromatic nitrogens is 1. The van der Waals surface area contributed by atoms with Crippen LogP contribution in [-0.2, 0) is 0 Å². The number of nitrogens with zero attached hydrogens (tertiary/aromatic N) is 1. The van der Waals surface area contributed by atoms with Crippen molar-refractivity contribution in [3.63, 3.8) is 0 Å². The van der Waals surface area contributed by atoms with Gasteiger partial charge in [-0.3, -0.25) is 0 Å². The summed E-state index contributed by atoms with van der Waals surface area (Å²) in [5, 5.41) is 3.50. The first kappa shape index (κ1) is 11.4. The molecule has 0 unspecified atom stereocenters. The van der Waals surface area contributed by atoms with E-state index in [4.69, 9.17) is 5.73 Å². The Morgan fingerprint density at radius 3 is 2.62 bits per heavy atom. The van der Waals surface area contributed by atoms with Crippen LogP contribution in [0, 0.1) is 5.41 Å². The van der Waals surface area contributed by atoms with Crippen molar-refractivity contribution < 1.29 is 0 Å². The van der Waals surface area contributed by atoms with Crippen molar-refractivity contribution in [3.05, 3.63) is 24.4 Å². The summed E-state index contributed by atoms with van der Waals surface area (Å²) < 4.78 is 0. The molecule has 0 radical (unpaired) electrons. The van der Waals surface area contributed by atoms with Crippen LogP contribution < -0.4 is 11.1 Å². The largest absolute Gasteiger partial charge is 0.367 e. The highest BCUT2D eigenvalue weighted by Crippen LogP contribution is 2.45. The van der Waals surface area contributed by atoms with Crippen molar-refractivity contribution in [2.75, 3.05) is 5.32 Å². The number of hydrogen-bond donors (Lipinski definition) is 2. The molecular weight excluding hydrogens is 198 g/mol. The molecule has 2 atom stereocenters. The van der Waals surface area contributed by atoms with E-state index in [2.05, 4.69) is 31.1 Å². The Kier molecular flexibility index (Phi) is 2.66. The number of rotatable bonds is 2. The normalized spacial score (nSPS) is 32.6. The molecule has 3 nitrogen and oxygen atoms in total. The quantitative estimate of drug-likeness (QED) is 0.803. The molecule has 3 N–H and O–H groups in total. The van der Waals surface area contributed by atoms with Gasteiger partial charge >= 0.3 is 0 Å². The molecule has 88 valence electrons. The van der Waals surface area contributed by atoms with E-state index in [-0.39, 0.29) is 11.0 Å². The monoisotopic (exact) mass is 219 g/mol. The number of pyridine rings is 1. The molecule has 0 aliphatic heterocycles. The first-order chi connectivity index (χ1) is 7.43. The third-order valence-corrected chi connectivity index (χ3v) is 4.28. The minimum atomic E-state index is -0.0978. The highest BCUT2D eigenvalue weighted by molar-refractivity contribution is 5.36. The first-order valence-corrected chi connectivity index (χ1v) is 5.90. The van der Waals surface area contributed by atoms with Gasteiger partial charge in [0.05, 0.1) is 0 Å². The lowest BCUT2D eigenvalue weighted by atomic mass is 9.75. The number of nitrogens with two attached hydrogens (primary N) is 1. The van der Waals surface area contributed by atoms with Gasteiger partial charge in [0.2, 0.25) is 0 Å². The summed E-state index contributed by atoms with van der Waals surface area (Å²) in [5.74, 6) is 0.943. The van der Waals surface area contributed by atoms with Crippen LogP contribution in [0.1, 0.15) is 33.6 Å². The predicted molar refractivity (Wildman–Crippen MR) is 67.3 cm³/mol. The van der Waals surface area contributed by atoms with Crippen molar-refractivity contribution >= 4 is 5.82 Å². The zero-order chi connectivity index (χ0) is 11.8. The standard InChI is InChI=1S/C13H21N3/c1-12(2)10(7-8-13(12,3)14)16-11-6-4-5-9-15-11/h4-6,9-10H,7-8,14H2,1-3H3,(H,15,16)/t10-,13+/m0/s1. The smallest absolute Gasteiger partial charge is 0.126 e. The molecular formula is C13H21N3. The summed E-state index contributed by atoms with van der Waals surface area (Å²) in [4.78, 5) is 4.30. The average molecular weight is 219 g/mol. The molecule has 1 aliphatic rings. The molecule has 0 aromatic carbocycles. The van der Waals surface area contributed by atoms with Crippen LogP contribution in [0.3, 0.4) is 0 Å². The molecule has 3 heteroatoms. The maximum absolute atomic E-state index is 6.34. The van der Waals surface area contributed by atoms with Gasteiger partial charge < -0.3 is 11.1 Å². The molecule has 1 aromatic heterocycles. The number of anilines is 1. The van der Waals surface area contributed by atoms with Gasteiger partial charge in [-0.1, -0.05) is 19.9 Å². The molecule has 1 saturated carbocycles. The maximum Gasteiger partial charge on any atom is 0.126 e. The van der Waals surface area contributed by atoms with Crippen LogP contribution in [0.5, 0.6) is 0 Å². The van der Waals surface area contributed by atoms with E-state index in [1.54, 1.807) is 0 Å². The second-order valence-corrected chi connectivity index (χ2v) is 5.59. The van der Waals surface area contributed by atoms with E-state index >= 15 is 0 Å². The summed E-state index contributed by atoms with van der Waals surface area (Å²) in [6.45, 7) is 6.62. The SMILES string of the molecule is CC1(C)[C@@H](Nc2ccccn2)CC[C@@]1(C)N. The molecule has 2 rings (SSSR count). The van der Waals surface area contributed by atoms with Gasteiger partial charge in [0.1, 0.15) is 5.82 Å². The molecule has 0 amide bonds. The number of nitrogens with one attached hydrogen (secondary N) is 1. The van der Waals surface area contributed by atoms with Gasteiger partial charge in [0, 0.05) is 23.2 Å². The van der Waals surface area contributed by atoms with E-state index in [0.29, 0.717) is 6.04 Å². The topological polar surface area (TPSA) is 50.9 Å². The van der Waals surface area contributed by atoms with Crippen LogP contribution in [-0.4, -0.2) is 16.6 Å². The van der Waals surface area contributed by atoms with Gasteiger partial charge in [0.25, 0.3) is 0 Å². The Morgan fingerprint density at radius 1 is 1.38 bits per heavy atom. The van der Waals surface area contributed by atoms with Crippen molar-refractivity contribution in [3.8, 4) is 0 Å². The second kappa shape index (κ2) is 3.74. The van der Waals surface area contributed by atoms with E-state index in [1.165, 1.54) is 0 Å². The van der Waals surface area contributed by atoms with Crippen LogP contribution in [0.15, 0.2) is 24.4 Å². The zero-order valence-corrected chi connectivity index (χ0v) is 10.3. The van der Waals surface area contributed by atoms with Crippen LogP contribution in [0.25, 0.3) is 0 Å². The zero-order valence-electron chi connectivity index (χ0n) is 10.3. The van der Waals surface area contributed by atoms with E-state index in [9.17, 15) is 0 Å². The third-order valence-electron chi connectivity index (χ3n) is 4.28. The molecule has 1 fully saturated rings. The third kappa shape index (κ3) is 1.80. The molecule has 16 heavy (non-hydrogen) atoms. The fourth-order valence-electron chi connectivity index (χ4n) is 2.40. The summed E-state index contributed by atoms with van der Waals surface area (Å²) in [6.07, 6.45) is 3.98. The van der Waals surface area contributed by atoms with Crippen molar-refractivity contribution in [2.24, 2.45) is 11.1 Å². The van der Waals surface area contributed by atoms with E-state index in [1.807, 2.05) is 24.4 Å². The molecule has 1 aliphatic carbocycles. The lowest BCUT2D eigenvalue weighted by molar-refractivity contribution is 0.215. The second-order valence-electron chi connectivity index (χ2n) is 5.59. The fourth-order valence-corrected chi connectivity index (χ4v) is 2.40. The van der Waals surface area contributed by atoms with Crippen molar-refractivity contribution in [2.45, 2.75) is 45.2 Å². The highest BCUT2D eigenvalue weighted by atomic mass is 15.0. The molecule has 0 bridgehead atoms. The van der Waals surface area contributed by atoms with Crippen LogP contribution >= 0.6 is 0 Å². The Balaban J connectivity index is 2.13. The number of hydrogen-bond acceptors (Lipinski definition) is 3. The molecule has 0 saturated heterocycles. The summed E-state index contributed by atoms with van der Waals surface area (Å²) >= 11 is 0. The first-order valence-electron chi connectivity index (χ1n) is 5.90. The minimum absolute atomic E-state index is 0.0878. The van der Waals surface area contributed by atoms with E-state index in [0.717, 1.165) is 18.7 Å². The molecule has 0 spiro atoms. The van der Waals surface area contributed by atoms with Crippen molar-refractivity contribution in [1.82, 2.24) is 4.98 Å². The highest BCUT2D eigenvalue weighted by Gasteiger charge is 2.49. The van der Waals surface area contributed by atoms with Crippen molar-refractivity contribution in [1.29, 1.82) is 0 Å². The fraction of sp³-hybridized carbons (Fsp3) is 0.615. The Bertz CT molecular complexity index is 357.